The maximum Gasteiger partial charge on any atom is 0.260 e. The first-order valence-corrected chi connectivity index (χ1v) is 5.57. The van der Waals surface area contributed by atoms with Gasteiger partial charge in [-0.15, -0.1) is 0 Å². The standard InChI is InChI=1S/C13H13N3O2/c1-9(10-4-2-6-14-8-10)16-13(18)11-5-3-7-15-12(11)17/h2-9H,1H3,(H,15,17)(H,16,18)/t9-/m1/s1. The molecule has 0 unspecified atom stereocenters. The summed E-state index contributed by atoms with van der Waals surface area (Å²) in [6.45, 7) is 1.84. The van der Waals surface area contributed by atoms with Gasteiger partial charge in [0.1, 0.15) is 5.56 Å². The zero-order valence-electron chi connectivity index (χ0n) is 9.88. The number of hydrogen-bond donors (Lipinski definition) is 2. The number of H-pyrrole nitrogens is 1. The predicted molar refractivity (Wildman–Crippen MR) is 67.2 cm³/mol. The Hall–Kier alpha value is -2.43. The van der Waals surface area contributed by atoms with Crippen LogP contribution in [0.25, 0.3) is 0 Å². The number of carbonyl (C=O) groups is 1. The van der Waals surface area contributed by atoms with E-state index in [1.165, 1.54) is 12.3 Å². The molecule has 0 radical (unpaired) electrons. The van der Waals surface area contributed by atoms with Gasteiger partial charge in [0.15, 0.2) is 0 Å². The summed E-state index contributed by atoms with van der Waals surface area (Å²) in [6.07, 6.45) is 4.84. The summed E-state index contributed by atoms with van der Waals surface area (Å²) in [5.41, 5.74) is 0.597. The summed E-state index contributed by atoms with van der Waals surface area (Å²) in [4.78, 5) is 29.8. The molecule has 1 amide bonds. The van der Waals surface area contributed by atoms with Crippen LogP contribution in [0.5, 0.6) is 0 Å². The van der Waals surface area contributed by atoms with Gasteiger partial charge in [0.2, 0.25) is 0 Å². The summed E-state index contributed by atoms with van der Waals surface area (Å²) in [6, 6.07) is 6.57. The molecule has 0 fully saturated rings. The number of hydrogen-bond acceptors (Lipinski definition) is 3. The summed E-state index contributed by atoms with van der Waals surface area (Å²) in [5.74, 6) is -0.395. The maximum absolute atomic E-state index is 11.9. The number of amides is 1. The molecule has 0 aliphatic heterocycles. The van der Waals surface area contributed by atoms with Crippen LogP contribution in [-0.4, -0.2) is 15.9 Å². The second kappa shape index (κ2) is 5.27. The van der Waals surface area contributed by atoms with Gasteiger partial charge in [-0.3, -0.25) is 14.6 Å². The lowest BCUT2D eigenvalue weighted by Crippen LogP contribution is -2.31. The number of nitrogens with zero attached hydrogens (tertiary/aromatic N) is 1. The molecule has 0 aromatic carbocycles. The Morgan fingerprint density at radius 1 is 1.39 bits per heavy atom. The van der Waals surface area contributed by atoms with E-state index in [-0.39, 0.29) is 11.6 Å². The quantitative estimate of drug-likeness (QED) is 0.852. The van der Waals surface area contributed by atoms with Gasteiger partial charge >= 0.3 is 0 Å². The molecule has 2 heterocycles. The van der Waals surface area contributed by atoms with Gasteiger partial charge in [-0.25, -0.2) is 0 Å². The largest absolute Gasteiger partial charge is 0.345 e. The normalized spacial score (nSPS) is 11.8. The van der Waals surface area contributed by atoms with Gasteiger partial charge < -0.3 is 10.3 Å². The van der Waals surface area contributed by atoms with E-state index in [2.05, 4.69) is 15.3 Å². The average Bonchev–Trinajstić information content (AvgIpc) is 2.40. The topological polar surface area (TPSA) is 74.8 Å². The van der Waals surface area contributed by atoms with E-state index in [0.29, 0.717) is 0 Å². The van der Waals surface area contributed by atoms with Crippen molar-refractivity contribution in [3.63, 3.8) is 0 Å². The maximum atomic E-state index is 11.9. The fourth-order valence-corrected chi connectivity index (χ4v) is 1.59. The summed E-state index contributed by atoms with van der Waals surface area (Å²) >= 11 is 0. The fraction of sp³-hybridized carbons (Fsp3) is 0.154. The van der Waals surface area contributed by atoms with E-state index >= 15 is 0 Å². The molecular formula is C13H13N3O2. The van der Waals surface area contributed by atoms with Crippen molar-refractivity contribution in [3.05, 3.63) is 64.3 Å². The minimum Gasteiger partial charge on any atom is -0.345 e. The smallest absolute Gasteiger partial charge is 0.260 e. The van der Waals surface area contributed by atoms with Crippen molar-refractivity contribution in [2.75, 3.05) is 0 Å². The van der Waals surface area contributed by atoms with Gasteiger partial charge in [0.05, 0.1) is 6.04 Å². The average molecular weight is 243 g/mol. The molecule has 0 bridgehead atoms. The van der Waals surface area contributed by atoms with Crippen LogP contribution in [0, 0.1) is 0 Å². The Kier molecular flexibility index (Phi) is 3.52. The summed E-state index contributed by atoms with van der Waals surface area (Å²) < 4.78 is 0. The van der Waals surface area contributed by atoms with Crippen LogP contribution in [0.2, 0.25) is 0 Å². The first kappa shape index (κ1) is 12.0. The van der Waals surface area contributed by atoms with Gasteiger partial charge in [0, 0.05) is 18.6 Å². The zero-order chi connectivity index (χ0) is 13.0. The highest BCUT2D eigenvalue weighted by Crippen LogP contribution is 2.10. The van der Waals surface area contributed by atoms with Crippen molar-refractivity contribution in [3.8, 4) is 0 Å². The highest BCUT2D eigenvalue weighted by atomic mass is 16.2. The van der Waals surface area contributed by atoms with E-state index in [1.54, 1.807) is 24.5 Å². The van der Waals surface area contributed by atoms with Crippen LogP contribution < -0.4 is 10.9 Å². The van der Waals surface area contributed by atoms with Crippen molar-refractivity contribution in [2.24, 2.45) is 0 Å². The van der Waals surface area contributed by atoms with Gasteiger partial charge in [-0.1, -0.05) is 6.07 Å². The van der Waals surface area contributed by atoms with Crippen molar-refractivity contribution in [1.29, 1.82) is 0 Å². The van der Waals surface area contributed by atoms with Gasteiger partial charge in [0.25, 0.3) is 11.5 Å². The molecule has 92 valence electrons. The third kappa shape index (κ3) is 2.63. The SMILES string of the molecule is C[C@@H](NC(=O)c1ccc[nH]c1=O)c1cccnc1. The lowest BCUT2D eigenvalue weighted by Gasteiger charge is -2.13. The Labute approximate surface area is 104 Å². The van der Waals surface area contributed by atoms with Crippen LogP contribution in [0.15, 0.2) is 47.7 Å². The van der Waals surface area contributed by atoms with Crippen molar-refractivity contribution in [2.45, 2.75) is 13.0 Å². The molecule has 5 nitrogen and oxygen atoms in total. The molecule has 0 aliphatic rings. The van der Waals surface area contributed by atoms with Crippen LogP contribution in [0.1, 0.15) is 28.9 Å². The van der Waals surface area contributed by atoms with E-state index in [1.807, 2.05) is 13.0 Å². The molecule has 2 aromatic rings. The van der Waals surface area contributed by atoms with E-state index in [4.69, 9.17) is 0 Å². The number of aromatic amines is 1. The molecule has 18 heavy (non-hydrogen) atoms. The molecule has 5 heteroatoms. The second-order valence-corrected chi connectivity index (χ2v) is 3.89. The van der Waals surface area contributed by atoms with Crippen LogP contribution >= 0.6 is 0 Å². The number of nitrogens with one attached hydrogen (secondary N) is 2. The number of aromatic nitrogens is 2. The second-order valence-electron chi connectivity index (χ2n) is 3.89. The van der Waals surface area contributed by atoms with Crippen LogP contribution in [-0.2, 0) is 0 Å². The monoisotopic (exact) mass is 243 g/mol. The third-order valence-electron chi connectivity index (χ3n) is 2.59. The number of rotatable bonds is 3. The Bertz CT molecular complexity index is 592. The molecule has 0 spiro atoms. The molecule has 1 atom stereocenters. The Morgan fingerprint density at radius 2 is 2.22 bits per heavy atom. The third-order valence-corrected chi connectivity index (χ3v) is 2.59. The van der Waals surface area contributed by atoms with Crippen LogP contribution in [0.3, 0.4) is 0 Å². The lowest BCUT2D eigenvalue weighted by atomic mass is 10.1. The fourth-order valence-electron chi connectivity index (χ4n) is 1.59. The lowest BCUT2D eigenvalue weighted by molar-refractivity contribution is 0.0938. The minimum atomic E-state index is -0.395. The van der Waals surface area contributed by atoms with Crippen LogP contribution in [0.4, 0.5) is 0 Å². The molecule has 2 aromatic heterocycles. The van der Waals surface area contributed by atoms with E-state index in [9.17, 15) is 9.59 Å². The Balaban J connectivity index is 2.14. The number of carbonyl (C=O) groups excluding carboxylic acids is 1. The van der Waals surface area contributed by atoms with E-state index < -0.39 is 11.5 Å². The van der Waals surface area contributed by atoms with E-state index in [0.717, 1.165) is 5.56 Å². The first-order chi connectivity index (χ1) is 8.68. The predicted octanol–water partition coefficient (Wildman–Crippen LogP) is 1.26. The molecule has 2 rings (SSSR count). The molecule has 2 N–H and O–H groups in total. The summed E-state index contributed by atoms with van der Waals surface area (Å²) in [7, 11) is 0. The van der Waals surface area contributed by atoms with Crippen molar-refractivity contribution >= 4 is 5.91 Å². The Morgan fingerprint density at radius 3 is 2.89 bits per heavy atom. The molecular weight excluding hydrogens is 230 g/mol. The van der Waals surface area contributed by atoms with Crippen molar-refractivity contribution < 1.29 is 4.79 Å². The highest BCUT2D eigenvalue weighted by Gasteiger charge is 2.13. The van der Waals surface area contributed by atoms with Gasteiger partial charge in [-0.05, 0) is 30.7 Å². The van der Waals surface area contributed by atoms with Crippen molar-refractivity contribution in [1.82, 2.24) is 15.3 Å². The first-order valence-electron chi connectivity index (χ1n) is 5.57. The molecule has 0 aliphatic carbocycles. The highest BCUT2D eigenvalue weighted by molar-refractivity contribution is 5.93. The number of pyridine rings is 2. The van der Waals surface area contributed by atoms with Gasteiger partial charge in [-0.2, -0.15) is 0 Å². The summed E-state index contributed by atoms with van der Waals surface area (Å²) in [5, 5.41) is 2.75. The molecule has 0 saturated heterocycles. The zero-order valence-corrected chi connectivity index (χ0v) is 9.88. The minimum absolute atomic E-state index is 0.105. The molecule has 0 saturated carbocycles.